The number of aromatic nitrogens is 1. The molecule has 0 amide bonds. The minimum absolute atomic E-state index is 0.764. The van der Waals surface area contributed by atoms with Gasteiger partial charge in [-0.15, -0.1) is 11.3 Å². The second-order valence-electron chi connectivity index (χ2n) is 4.04. The van der Waals surface area contributed by atoms with Crippen LogP contribution in [0.3, 0.4) is 0 Å². The highest BCUT2D eigenvalue weighted by atomic mass is 32.1. The van der Waals surface area contributed by atoms with Gasteiger partial charge in [-0.3, -0.25) is 0 Å². The fourth-order valence-corrected chi connectivity index (χ4v) is 2.47. The Bertz CT molecular complexity index is 654. The number of nitrogens with zero attached hydrogens (tertiary/aromatic N) is 1. The van der Waals surface area contributed by atoms with Crippen molar-refractivity contribution in [1.82, 2.24) is 4.98 Å². The number of anilines is 1. The standard InChI is InChI=1S/C14H12N2OS/c1-9-12(10-2-4-11(15)5-3-10)8-13(17-9)14-16-6-7-18-14/h2-8H,15H2,1H3. The van der Waals surface area contributed by atoms with Crippen molar-refractivity contribution >= 4 is 17.0 Å². The fourth-order valence-electron chi connectivity index (χ4n) is 1.88. The lowest BCUT2D eigenvalue weighted by molar-refractivity contribution is 0.549. The molecule has 3 nitrogen and oxygen atoms in total. The Balaban J connectivity index is 2.06. The minimum atomic E-state index is 0.764. The number of nitrogens with two attached hydrogens (primary N) is 1. The third kappa shape index (κ3) is 1.91. The molecule has 0 aliphatic heterocycles. The van der Waals surface area contributed by atoms with E-state index < -0.39 is 0 Å². The van der Waals surface area contributed by atoms with Gasteiger partial charge in [0.1, 0.15) is 5.76 Å². The lowest BCUT2D eigenvalue weighted by Crippen LogP contribution is -1.83. The van der Waals surface area contributed by atoms with Crippen LogP contribution in [0.15, 0.2) is 46.3 Å². The molecule has 0 aliphatic carbocycles. The first kappa shape index (κ1) is 11.0. The predicted molar refractivity (Wildman–Crippen MR) is 74.4 cm³/mol. The predicted octanol–water partition coefficient (Wildman–Crippen LogP) is 3.96. The molecule has 0 fully saturated rings. The van der Waals surface area contributed by atoms with E-state index in [9.17, 15) is 0 Å². The monoisotopic (exact) mass is 256 g/mol. The van der Waals surface area contributed by atoms with Gasteiger partial charge in [0.15, 0.2) is 10.8 Å². The zero-order chi connectivity index (χ0) is 12.5. The van der Waals surface area contributed by atoms with E-state index in [1.165, 1.54) is 0 Å². The fraction of sp³-hybridized carbons (Fsp3) is 0.0714. The van der Waals surface area contributed by atoms with Crippen LogP contribution in [0.1, 0.15) is 5.76 Å². The summed E-state index contributed by atoms with van der Waals surface area (Å²) in [5.41, 5.74) is 8.65. The number of benzene rings is 1. The first-order valence-electron chi connectivity index (χ1n) is 5.60. The van der Waals surface area contributed by atoms with Crippen LogP contribution in [0.2, 0.25) is 0 Å². The van der Waals surface area contributed by atoms with Gasteiger partial charge < -0.3 is 10.2 Å². The van der Waals surface area contributed by atoms with Crippen LogP contribution in [0.5, 0.6) is 0 Å². The van der Waals surface area contributed by atoms with Crippen molar-refractivity contribution in [3.63, 3.8) is 0 Å². The Kier molecular flexibility index (Phi) is 2.64. The second-order valence-corrected chi connectivity index (χ2v) is 4.93. The molecule has 4 heteroatoms. The van der Waals surface area contributed by atoms with E-state index >= 15 is 0 Å². The van der Waals surface area contributed by atoms with Crippen molar-refractivity contribution in [3.05, 3.63) is 47.7 Å². The van der Waals surface area contributed by atoms with E-state index in [1.807, 2.05) is 42.6 Å². The molecule has 0 saturated heterocycles. The minimum Gasteiger partial charge on any atom is -0.458 e. The molecular weight excluding hydrogens is 244 g/mol. The Labute approximate surface area is 109 Å². The first-order valence-corrected chi connectivity index (χ1v) is 6.48. The van der Waals surface area contributed by atoms with Crippen LogP contribution in [0.25, 0.3) is 21.9 Å². The van der Waals surface area contributed by atoms with Crippen LogP contribution in [0.4, 0.5) is 5.69 Å². The summed E-state index contributed by atoms with van der Waals surface area (Å²) in [7, 11) is 0. The molecule has 2 heterocycles. The zero-order valence-electron chi connectivity index (χ0n) is 9.88. The summed E-state index contributed by atoms with van der Waals surface area (Å²) < 4.78 is 5.76. The van der Waals surface area contributed by atoms with Crippen molar-refractivity contribution in [2.75, 3.05) is 5.73 Å². The molecule has 1 aromatic carbocycles. The smallest absolute Gasteiger partial charge is 0.163 e. The van der Waals surface area contributed by atoms with Gasteiger partial charge in [-0.2, -0.15) is 0 Å². The average Bonchev–Trinajstić information content (AvgIpc) is 2.99. The number of aryl methyl sites for hydroxylation is 1. The van der Waals surface area contributed by atoms with Gasteiger partial charge in [-0.25, -0.2) is 4.98 Å². The van der Waals surface area contributed by atoms with Gasteiger partial charge >= 0.3 is 0 Å². The summed E-state index contributed by atoms with van der Waals surface area (Å²) in [6, 6.07) is 9.81. The molecule has 0 spiro atoms. The van der Waals surface area contributed by atoms with Gasteiger partial charge in [-0.05, 0) is 30.7 Å². The quantitative estimate of drug-likeness (QED) is 0.706. The molecule has 0 saturated carbocycles. The molecule has 3 rings (SSSR count). The molecule has 18 heavy (non-hydrogen) atoms. The summed E-state index contributed by atoms with van der Waals surface area (Å²) in [5.74, 6) is 1.71. The van der Waals surface area contributed by atoms with Gasteiger partial charge in [0, 0.05) is 22.8 Å². The molecule has 2 aromatic heterocycles. The molecule has 2 N–H and O–H groups in total. The number of hydrogen-bond donors (Lipinski definition) is 1. The topological polar surface area (TPSA) is 52.0 Å². The molecule has 0 unspecified atom stereocenters. The molecule has 0 atom stereocenters. The first-order chi connectivity index (χ1) is 8.74. The molecule has 90 valence electrons. The normalized spacial score (nSPS) is 10.7. The van der Waals surface area contributed by atoms with E-state index in [0.29, 0.717) is 0 Å². The largest absolute Gasteiger partial charge is 0.458 e. The maximum Gasteiger partial charge on any atom is 0.163 e. The third-order valence-corrected chi connectivity index (χ3v) is 3.57. The molecule has 0 radical (unpaired) electrons. The Morgan fingerprint density at radius 2 is 2.00 bits per heavy atom. The summed E-state index contributed by atoms with van der Waals surface area (Å²) >= 11 is 1.57. The number of rotatable bonds is 2. The maximum absolute atomic E-state index is 5.76. The van der Waals surface area contributed by atoms with E-state index in [-0.39, 0.29) is 0 Å². The lowest BCUT2D eigenvalue weighted by Gasteiger charge is -1.99. The van der Waals surface area contributed by atoms with Gasteiger partial charge in [0.2, 0.25) is 0 Å². The number of furan rings is 1. The Morgan fingerprint density at radius 1 is 1.22 bits per heavy atom. The summed E-state index contributed by atoms with van der Waals surface area (Å²) in [6.07, 6.45) is 1.78. The number of thiazole rings is 1. The average molecular weight is 256 g/mol. The third-order valence-electron chi connectivity index (χ3n) is 2.78. The number of nitrogen functional groups attached to an aromatic ring is 1. The van der Waals surface area contributed by atoms with Crippen LogP contribution in [-0.2, 0) is 0 Å². The van der Waals surface area contributed by atoms with Crippen molar-refractivity contribution in [1.29, 1.82) is 0 Å². The molecular formula is C14H12N2OS. The van der Waals surface area contributed by atoms with Crippen molar-refractivity contribution in [3.8, 4) is 21.9 Å². The van der Waals surface area contributed by atoms with Crippen LogP contribution < -0.4 is 5.73 Å². The molecule has 0 aliphatic rings. The highest BCUT2D eigenvalue weighted by molar-refractivity contribution is 7.13. The van der Waals surface area contributed by atoms with Crippen LogP contribution in [-0.4, -0.2) is 4.98 Å². The van der Waals surface area contributed by atoms with Crippen molar-refractivity contribution < 1.29 is 4.42 Å². The highest BCUT2D eigenvalue weighted by Crippen LogP contribution is 2.33. The van der Waals surface area contributed by atoms with E-state index in [4.69, 9.17) is 10.2 Å². The van der Waals surface area contributed by atoms with E-state index in [1.54, 1.807) is 17.5 Å². The number of hydrogen-bond acceptors (Lipinski definition) is 4. The summed E-state index contributed by atoms with van der Waals surface area (Å²) in [6.45, 7) is 1.96. The second kappa shape index (κ2) is 4.31. The molecule has 3 aromatic rings. The van der Waals surface area contributed by atoms with E-state index in [2.05, 4.69) is 4.98 Å². The van der Waals surface area contributed by atoms with E-state index in [0.717, 1.165) is 33.3 Å². The SMILES string of the molecule is Cc1oc(-c2nccs2)cc1-c1ccc(N)cc1. The van der Waals surface area contributed by atoms with Crippen molar-refractivity contribution in [2.45, 2.75) is 6.92 Å². The van der Waals surface area contributed by atoms with Gasteiger partial charge in [0.05, 0.1) is 0 Å². The van der Waals surface area contributed by atoms with Crippen LogP contribution >= 0.6 is 11.3 Å². The summed E-state index contributed by atoms with van der Waals surface area (Å²) in [4.78, 5) is 4.25. The zero-order valence-corrected chi connectivity index (χ0v) is 10.7. The van der Waals surface area contributed by atoms with Gasteiger partial charge in [0.25, 0.3) is 0 Å². The highest BCUT2D eigenvalue weighted by Gasteiger charge is 2.12. The summed E-state index contributed by atoms with van der Waals surface area (Å²) in [5, 5.41) is 2.84. The van der Waals surface area contributed by atoms with Crippen molar-refractivity contribution in [2.24, 2.45) is 0 Å². The maximum atomic E-state index is 5.76. The van der Waals surface area contributed by atoms with Crippen LogP contribution in [0, 0.1) is 6.92 Å². The molecule has 0 bridgehead atoms. The van der Waals surface area contributed by atoms with Gasteiger partial charge in [-0.1, -0.05) is 12.1 Å². The Morgan fingerprint density at radius 3 is 2.67 bits per heavy atom. The lowest BCUT2D eigenvalue weighted by atomic mass is 10.1. The Hall–Kier alpha value is -2.07.